The molecule has 0 amide bonds. The summed E-state index contributed by atoms with van der Waals surface area (Å²) in [7, 11) is 0. The molecule has 0 aliphatic rings. The molecule has 0 fully saturated rings. The molecule has 0 saturated heterocycles. The second-order valence-electron chi connectivity index (χ2n) is 1.67. The number of ether oxygens (including phenoxy) is 1. The smallest absolute Gasteiger partial charge is 0.116 e. The zero-order valence-corrected chi connectivity index (χ0v) is 5.63. The van der Waals surface area contributed by atoms with E-state index in [1.807, 2.05) is 6.92 Å². The predicted molar refractivity (Wildman–Crippen MR) is 35.9 cm³/mol. The van der Waals surface area contributed by atoms with Crippen LogP contribution in [0.15, 0.2) is 0 Å². The van der Waals surface area contributed by atoms with Crippen molar-refractivity contribution in [3.8, 4) is 12.3 Å². The Balaban J connectivity index is 2.99. The van der Waals surface area contributed by atoms with Crippen molar-refractivity contribution in [2.75, 3.05) is 13.2 Å². The van der Waals surface area contributed by atoms with Crippen molar-refractivity contribution >= 4 is 0 Å². The molecule has 0 aliphatic heterocycles. The molecule has 0 spiro atoms. The quantitative estimate of drug-likeness (QED) is 0.439. The third kappa shape index (κ3) is 5.35. The van der Waals surface area contributed by atoms with E-state index in [9.17, 15) is 0 Å². The first-order valence-electron chi connectivity index (χ1n) is 3.03. The molecular formula is C7H12O2. The Morgan fingerprint density at radius 2 is 2.44 bits per heavy atom. The number of aliphatic hydroxyl groups excluding tert-OH is 1. The van der Waals surface area contributed by atoms with E-state index in [2.05, 4.69) is 5.92 Å². The van der Waals surface area contributed by atoms with E-state index in [1.165, 1.54) is 0 Å². The number of hydrogen-bond acceptors (Lipinski definition) is 2. The van der Waals surface area contributed by atoms with Gasteiger partial charge in [0.05, 0.1) is 0 Å². The number of terminal acetylenes is 1. The van der Waals surface area contributed by atoms with Gasteiger partial charge < -0.3 is 9.84 Å². The van der Waals surface area contributed by atoms with Crippen LogP contribution in [0.25, 0.3) is 0 Å². The summed E-state index contributed by atoms with van der Waals surface area (Å²) in [5.74, 6) is 2.20. The van der Waals surface area contributed by atoms with Crippen LogP contribution in [-0.2, 0) is 4.74 Å². The molecule has 1 unspecified atom stereocenters. The second-order valence-corrected chi connectivity index (χ2v) is 1.67. The van der Waals surface area contributed by atoms with Crippen LogP contribution in [0, 0.1) is 12.3 Å². The lowest BCUT2D eigenvalue weighted by molar-refractivity contribution is 0.110. The molecule has 1 N–H and O–H groups in total. The molecule has 2 heteroatoms. The lowest BCUT2D eigenvalue weighted by Gasteiger charge is -2.01. The van der Waals surface area contributed by atoms with Crippen LogP contribution in [-0.4, -0.2) is 24.4 Å². The van der Waals surface area contributed by atoms with Gasteiger partial charge in [-0.1, -0.05) is 5.92 Å². The first-order valence-corrected chi connectivity index (χ1v) is 3.03. The molecule has 2 nitrogen and oxygen atoms in total. The summed E-state index contributed by atoms with van der Waals surface area (Å²) in [5, 5.41) is 8.77. The van der Waals surface area contributed by atoms with E-state index in [-0.39, 0.29) is 0 Å². The lowest BCUT2D eigenvalue weighted by atomic mass is 10.3. The van der Waals surface area contributed by atoms with E-state index in [0.717, 1.165) is 0 Å². The van der Waals surface area contributed by atoms with Gasteiger partial charge in [-0.15, -0.1) is 6.42 Å². The minimum absolute atomic E-state index is 0.532. The van der Waals surface area contributed by atoms with Crippen LogP contribution < -0.4 is 0 Å². The predicted octanol–water partition coefficient (Wildman–Crippen LogP) is 0.407. The van der Waals surface area contributed by atoms with E-state index in [4.69, 9.17) is 16.3 Å². The Bertz CT molecular complexity index is 93.6. The Morgan fingerprint density at radius 3 is 2.89 bits per heavy atom. The van der Waals surface area contributed by atoms with Gasteiger partial charge in [0.25, 0.3) is 0 Å². The third-order valence-electron chi connectivity index (χ3n) is 0.932. The molecule has 0 bridgehead atoms. The molecule has 1 atom stereocenters. The highest BCUT2D eigenvalue weighted by Gasteiger charge is 1.95. The van der Waals surface area contributed by atoms with Crippen LogP contribution in [0.4, 0.5) is 0 Å². The maximum Gasteiger partial charge on any atom is 0.116 e. The molecule has 0 rings (SSSR count). The molecule has 0 radical (unpaired) electrons. The van der Waals surface area contributed by atoms with Crippen LogP contribution >= 0.6 is 0 Å². The van der Waals surface area contributed by atoms with Crippen molar-refractivity contribution in [1.82, 2.24) is 0 Å². The standard InChI is InChI=1S/C7H12O2/c1-3-7(8)5-6-9-4-2/h1,7-8H,4-6H2,2H3. The summed E-state index contributed by atoms with van der Waals surface area (Å²) in [4.78, 5) is 0. The van der Waals surface area contributed by atoms with E-state index in [1.54, 1.807) is 0 Å². The summed E-state index contributed by atoms with van der Waals surface area (Å²) in [6.07, 6.45) is 4.79. The number of aliphatic hydroxyl groups is 1. The van der Waals surface area contributed by atoms with Crippen LogP contribution in [0.2, 0.25) is 0 Å². The molecule has 0 aromatic rings. The molecule has 9 heavy (non-hydrogen) atoms. The molecule has 0 aromatic carbocycles. The fourth-order valence-electron chi connectivity index (χ4n) is 0.423. The normalized spacial score (nSPS) is 12.6. The minimum atomic E-state index is -0.642. The molecule has 0 aromatic heterocycles. The van der Waals surface area contributed by atoms with E-state index in [0.29, 0.717) is 19.6 Å². The molecular weight excluding hydrogens is 116 g/mol. The van der Waals surface area contributed by atoms with Gasteiger partial charge in [-0.3, -0.25) is 0 Å². The fourth-order valence-corrected chi connectivity index (χ4v) is 0.423. The Labute approximate surface area is 55.8 Å². The SMILES string of the molecule is C#CC(O)CCOCC. The van der Waals surface area contributed by atoms with Gasteiger partial charge >= 0.3 is 0 Å². The van der Waals surface area contributed by atoms with Gasteiger partial charge in [0, 0.05) is 19.6 Å². The summed E-state index contributed by atoms with van der Waals surface area (Å²) >= 11 is 0. The Hall–Kier alpha value is -0.520. The summed E-state index contributed by atoms with van der Waals surface area (Å²) < 4.78 is 4.95. The van der Waals surface area contributed by atoms with E-state index >= 15 is 0 Å². The van der Waals surface area contributed by atoms with Crippen LogP contribution in [0.5, 0.6) is 0 Å². The first kappa shape index (κ1) is 8.48. The van der Waals surface area contributed by atoms with Gasteiger partial charge in [-0.05, 0) is 6.92 Å². The summed E-state index contributed by atoms with van der Waals surface area (Å²) in [6.45, 7) is 3.13. The second kappa shape index (κ2) is 5.61. The summed E-state index contributed by atoms with van der Waals surface area (Å²) in [5.41, 5.74) is 0. The lowest BCUT2D eigenvalue weighted by Crippen LogP contribution is -2.07. The minimum Gasteiger partial charge on any atom is -0.382 e. The summed E-state index contributed by atoms with van der Waals surface area (Å²) in [6, 6.07) is 0. The Kier molecular flexibility index (Phi) is 5.29. The fraction of sp³-hybridized carbons (Fsp3) is 0.714. The van der Waals surface area contributed by atoms with Crippen molar-refractivity contribution in [2.45, 2.75) is 19.4 Å². The highest BCUT2D eigenvalue weighted by molar-refractivity contribution is 4.92. The van der Waals surface area contributed by atoms with Crippen LogP contribution in [0.1, 0.15) is 13.3 Å². The van der Waals surface area contributed by atoms with Gasteiger partial charge in [0.2, 0.25) is 0 Å². The number of rotatable bonds is 4. The maximum absolute atomic E-state index is 8.77. The average Bonchev–Trinajstić information content (AvgIpc) is 1.89. The van der Waals surface area contributed by atoms with Gasteiger partial charge in [-0.25, -0.2) is 0 Å². The van der Waals surface area contributed by atoms with Crippen LogP contribution in [0.3, 0.4) is 0 Å². The Morgan fingerprint density at radius 1 is 1.78 bits per heavy atom. The largest absolute Gasteiger partial charge is 0.382 e. The van der Waals surface area contributed by atoms with Crippen molar-refractivity contribution in [1.29, 1.82) is 0 Å². The molecule has 52 valence electrons. The highest BCUT2D eigenvalue weighted by atomic mass is 16.5. The van der Waals surface area contributed by atoms with Gasteiger partial charge in [0.15, 0.2) is 0 Å². The maximum atomic E-state index is 8.77. The first-order chi connectivity index (χ1) is 4.31. The van der Waals surface area contributed by atoms with Crippen molar-refractivity contribution in [3.05, 3.63) is 0 Å². The van der Waals surface area contributed by atoms with Crippen molar-refractivity contribution in [3.63, 3.8) is 0 Å². The molecule has 0 heterocycles. The van der Waals surface area contributed by atoms with Crippen molar-refractivity contribution in [2.24, 2.45) is 0 Å². The molecule has 0 saturated carbocycles. The monoisotopic (exact) mass is 128 g/mol. The van der Waals surface area contributed by atoms with E-state index < -0.39 is 6.10 Å². The topological polar surface area (TPSA) is 29.5 Å². The van der Waals surface area contributed by atoms with Gasteiger partial charge in [0.1, 0.15) is 6.10 Å². The molecule has 0 aliphatic carbocycles. The highest BCUT2D eigenvalue weighted by Crippen LogP contribution is 1.88. The van der Waals surface area contributed by atoms with Gasteiger partial charge in [-0.2, -0.15) is 0 Å². The van der Waals surface area contributed by atoms with Crippen molar-refractivity contribution < 1.29 is 9.84 Å². The average molecular weight is 128 g/mol. The third-order valence-corrected chi connectivity index (χ3v) is 0.932. The zero-order valence-electron chi connectivity index (χ0n) is 5.63. The zero-order chi connectivity index (χ0) is 7.11. The number of hydrogen-bond donors (Lipinski definition) is 1.